The Kier molecular flexibility index (Phi) is 6.51. The molecule has 2 aromatic rings. The van der Waals surface area contributed by atoms with Gasteiger partial charge in [0.15, 0.2) is 0 Å². The second-order valence-corrected chi connectivity index (χ2v) is 8.22. The van der Waals surface area contributed by atoms with E-state index in [-0.39, 0.29) is 11.9 Å². The number of pyridine rings is 1. The number of hydrogen-bond acceptors (Lipinski definition) is 6. The van der Waals surface area contributed by atoms with Crippen LogP contribution in [0.15, 0.2) is 41.5 Å². The lowest BCUT2D eigenvalue weighted by molar-refractivity contribution is 0.435. The Morgan fingerprint density at radius 3 is 2.81 bits per heavy atom. The summed E-state index contributed by atoms with van der Waals surface area (Å²) in [7, 11) is 2.09. The van der Waals surface area contributed by atoms with Crippen LogP contribution >= 0.6 is 0 Å². The molecule has 1 saturated heterocycles. The predicted octanol–water partition coefficient (Wildman–Crippen LogP) is 3.91. The maximum atomic E-state index is 13.7. The zero-order valence-corrected chi connectivity index (χ0v) is 18.1. The minimum Gasteiger partial charge on any atom is -0.438 e. The molecule has 0 bridgehead atoms. The topological polar surface area (TPSA) is 75.8 Å². The molecule has 2 aliphatic rings. The Morgan fingerprint density at radius 1 is 1.26 bits per heavy atom. The number of ether oxygens (including phenoxy) is 1. The van der Waals surface area contributed by atoms with Gasteiger partial charge in [-0.1, -0.05) is 6.07 Å². The molecule has 31 heavy (non-hydrogen) atoms. The summed E-state index contributed by atoms with van der Waals surface area (Å²) in [4.78, 5) is 10.9. The molecular weight excluding hydrogens is 393 g/mol. The molecule has 1 unspecified atom stereocenters. The summed E-state index contributed by atoms with van der Waals surface area (Å²) < 4.78 is 19.9. The van der Waals surface area contributed by atoms with E-state index in [4.69, 9.17) is 15.5 Å². The van der Waals surface area contributed by atoms with E-state index in [2.05, 4.69) is 35.2 Å². The molecule has 3 N–H and O–H groups in total. The first kappa shape index (κ1) is 21.3. The molecule has 0 spiro atoms. The largest absolute Gasteiger partial charge is 0.438 e. The van der Waals surface area contributed by atoms with Crippen molar-refractivity contribution in [3.63, 3.8) is 0 Å². The Balaban J connectivity index is 1.74. The second-order valence-electron chi connectivity index (χ2n) is 8.22. The number of piperidine rings is 1. The zero-order valence-electron chi connectivity index (χ0n) is 18.1. The number of hydrogen-bond donors (Lipinski definition) is 2. The van der Waals surface area contributed by atoms with E-state index < -0.39 is 5.95 Å². The molecule has 1 fully saturated rings. The van der Waals surface area contributed by atoms with Crippen molar-refractivity contribution >= 4 is 17.5 Å². The lowest BCUT2D eigenvalue weighted by Gasteiger charge is -2.35. The van der Waals surface area contributed by atoms with Crippen LogP contribution in [-0.2, 0) is 6.42 Å². The van der Waals surface area contributed by atoms with Crippen molar-refractivity contribution in [2.45, 2.75) is 44.7 Å². The third kappa shape index (κ3) is 4.71. The fourth-order valence-electron chi connectivity index (χ4n) is 4.21. The normalized spacial score (nSPS) is 20.2. The number of aromatic nitrogens is 1. The molecule has 3 heterocycles. The number of anilines is 1. The maximum absolute atomic E-state index is 13.7. The van der Waals surface area contributed by atoms with Crippen LogP contribution in [0.25, 0.3) is 5.57 Å². The molecule has 4 rings (SSSR count). The average Bonchev–Trinajstić information content (AvgIpc) is 2.78. The number of nitrogens with two attached hydrogens (primary N) is 1. The van der Waals surface area contributed by atoms with Gasteiger partial charge in [0.2, 0.25) is 11.8 Å². The summed E-state index contributed by atoms with van der Waals surface area (Å²) >= 11 is 0. The van der Waals surface area contributed by atoms with Gasteiger partial charge in [0, 0.05) is 54.0 Å². The van der Waals surface area contributed by atoms with E-state index >= 15 is 0 Å². The van der Waals surface area contributed by atoms with Crippen molar-refractivity contribution in [3.05, 3.63) is 53.6 Å². The monoisotopic (exact) mass is 423 g/mol. The smallest absolute Gasteiger partial charge is 0.221 e. The summed E-state index contributed by atoms with van der Waals surface area (Å²) in [6, 6.07) is 9.40. The van der Waals surface area contributed by atoms with Gasteiger partial charge in [-0.15, -0.1) is 0 Å². The number of rotatable bonds is 5. The molecule has 1 aromatic carbocycles. The molecular formula is C24H30FN5O. The zero-order chi connectivity index (χ0) is 21.8. The summed E-state index contributed by atoms with van der Waals surface area (Å²) in [5.74, 6) is 0.321. The average molecular weight is 424 g/mol. The minimum absolute atomic E-state index is 0.225. The second kappa shape index (κ2) is 9.47. The first-order valence-corrected chi connectivity index (χ1v) is 10.9. The summed E-state index contributed by atoms with van der Waals surface area (Å²) in [6.07, 6.45) is 7.30. The number of allylic oxidation sites excluding steroid dienone is 1. The highest BCUT2D eigenvalue weighted by molar-refractivity contribution is 6.11. The molecule has 0 aliphatic carbocycles. The standard InChI is InChI=1S/C24H30FN5O/c1-16-6-7-20-21(30(16)2)9-8-19(24(20)31-23-5-3-4-22(25)29-23)17(14-26)15-28-18-10-12-27-13-11-18/h3-5,8-9,14-16,18,27H,6-7,10-13,26H2,1-2H3. The SMILES string of the molecule is CC1CCc2c(ccc(C(C=NC3CCNCC3)=CN)c2Oc2cccc(F)n2)N1C. The van der Waals surface area contributed by atoms with Gasteiger partial charge in [-0.3, -0.25) is 4.99 Å². The van der Waals surface area contributed by atoms with Crippen molar-refractivity contribution < 1.29 is 9.13 Å². The lowest BCUT2D eigenvalue weighted by Crippen LogP contribution is -2.33. The Labute approximate surface area is 183 Å². The van der Waals surface area contributed by atoms with Crippen LogP contribution in [0, 0.1) is 5.95 Å². The molecule has 164 valence electrons. The first-order chi connectivity index (χ1) is 15.1. The fourth-order valence-corrected chi connectivity index (χ4v) is 4.21. The molecule has 6 nitrogen and oxygen atoms in total. The van der Waals surface area contributed by atoms with Gasteiger partial charge in [-0.05, 0) is 63.9 Å². The van der Waals surface area contributed by atoms with Crippen LogP contribution in [0.5, 0.6) is 11.6 Å². The third-order valence-electron chi connectivity index (χ3n) is 6.21. The number of halogens is 1. The van der Waals surface area contributed by atoms with Gasteiger partial charge in [-0.25, -0.2) is 0 Å². The molecule has 0 amide bonds. The highest BCUT2D eigenvalue weighted by Crippen LogP contribution is 2.42. The quantitative estimate of drug-likeness (QED) is 0.563. The highest BCUT2D eigenvalue weighted by Gasteiger charge is 2.26. The van der Waals surface area contributed by atoms with Gasteiger partial charge in [0.25, 0.3) is 0 Å². The Hall–Kier alpha value is -2.93. The molecule has 1 aromatic heterocycles. The Bertz CT molecular complexity index is 984. The van der Waals surface area contributed by atoms with Crippen molar-refractivity contribution in [1.29, 1.82) is 0 Å². The van der Waals surface area contributed by atoms with Gasteiger partial charge < -0.3 is 20.7 Å². The van der Waals surface area contributed by atoms with E-state index in [1.807, 2.05) is 12.3 Å². The number of nitrogens with one attached hydrogen (secondary N) is 1. The van der Waals surface area contributed by atoms with Gasteiger partial charge in [0.1, 0.15) is 5.75 Å². The van der Waals surface area contributed by atoms with Crippen LogP contribution in [-0.4, -0.2) is 43.4 Å². The van der Waals surface area contributed by atoms with Crippen LogP contribution < -0.4 is 20.7 Å². The van der Waals surface area contributed by atoms with E-state index in [1.165, 1.54) is 6.07 Å². The first-order valence-electron chi connectivity index (χ1n) is 10.9. The van der Waals surface area contributed by atoms with Crippen LogP contribution in [0.1, 0.15) is 37.3 Å². The minimum atomic E-state index is -0.573. The molecule has 1 atom stereocenters. The van der Waals surface area contributed by atoms with E-state index in [9.17, 15) is 4.39 Å². The van der Waals surface area contributed by atoms with Gasteiger partial charge in [0.05, 0.1) is 6.04 Å². The van der Waals surface area contributed by atoms with Crippen molar-refractivity contribution in [2.24, 2.45) is 10.7 Å². The summed E-state index contributed by atoms with van der Waals surface area (Å²) in [5, 5.41) is 3.36. The van der Waals surface area contributed by atoms with Crippen LogP contribution in [0.2, 0.25) is 0 Å². The predicted molar refractivity (Wildman–Crippen MR) is 123 cm³/mol. The number of benzene rings is 1. The molecule has 7 heteroatoms. The fraction of sp³-hybridized carbons (Fsp3) is 0.417. The van der Waals surface area contributed by atoms with Crippen molar-refractivity contribution in [1.82, 2.24) is 10.3 Å². The van der Waals surface area contributed by atoms with E-state index in [1.54, 1.807) is 18.3 Å². The Morgan fingerprint density at radius 2 is 2.06 bits per heavy atom. The van der Waals surface area contributed by atoms with Crippen molar-refractivity contribution in [2.75, 3.05) is 25.0 Å². The summed E-state index contributed by atoms with van der Waals surface area (Å²) in [6.45, 7) is 4.17. The molecule has 0 saturated carbocycles. The van der Waals surface area contributed by atoms with Crippen molar-refractivity contribution in [3.8, 4) is 11.6 Å². The van der Waals surface area contributed by atoms with Gasteiger partial charge >= 0.3 is 0 Å². The third-order valence-corrected chi connectivity index (χ3v) is 6.21. The highest BCUT2D eigenvalue weighted by atomic mass is 19.1. The summed E-state index contributed by atoms with van der Waals surface area (Å²) in [5.41, 5.74) is 9.85. The number of fused-ring (bicyclic) bond motifs is 1. The number of aliphatic imine (C=N–C) groups is 1. The van der Waals surface area contributed by atoms with Gasteiger partial charge in [-0.2, -0.15) is 9.37 Å². The number of nitrogens with zero attached hydrogens (tertiary/aromatic N) is 3. The van der Waals surface area contributed by atoms with Crippen LogP contribution in [0.3, 0.4) is 0 Å². The molecule has 2 aliphatic heterocycles. The maximum Gasteiger partial charge on any atom is 0.221 e. The van der Waals surface area contributed by atoms with E-state index in [0.717, 1.165) is 61.2 Å². The lowest BCUT2D eigenvalue weighted by atomic mass is 9.92. The van der Waals surface area contributed by atoms with Crippen LogP contribution in [0.4, 0.5) is 10.1 Å². The van der Waals surface area contributed by atoms with E-state index in [0.29, 0.717) is 11.8 Å². The molecule has 0 radical (unpaired) electrons.